The van der Waals surface area contributed by atoms with E-state index < -0.39 is 21.9 Å². The number of carbonyl (C=O) groups excluding carboxylic acids is 1. The molecule has 5 nitrogen and oxygen atoms in total. The van der Waals surface area contributed by atoms with Gasteiger partial charge in [-0.05, 0) is 30.7 Å². The second kappa shape index (κ2) is 4.66. The maximum Gasteiger partial charge on any atom is 0.241 e. The first-order valence-electron chi connectivity index (χ1n) is 5.43. The third-order valence-corrected chi connectivity index (χ3v) is 4.34. The Morgan fingerprint density at radius 2 is 1.94 bits per heavy atom. The average molecular weight is 272 g/mol. The second-order valence-corrected chi connectivity index (χ2v) is 5.89. The van der Waals surface area contributed by atoms with Gasteiger partial charge < -0.3 is 4.90 Å². The normalized spacial score (nSPS) is 20.4. The number of likely N-dealkylation sites (tertiary alicyclic amines) is 1. The Kier molecular flexibility index (Phi) is 3.36. The highest BCUT2D eigenvalue weighted by molar-refractivity contribution is 7.89. The van der Waals surface area contributed by atoms with E-state index in [0.717, 1.165) is 12.1 Å². The number of hydrogen-bond acceptors (Lipinski definition) is 3. The first kappa shape index (κ1) is 13.0. The van der Waals surface area contributed by atoms with E-state index in [1.165, 1.54) is 17.0 Å². The topological polar surface area (TPSA) is 66.5 Å². The van der Waals surface area contributed by atoms with E-state index in [4.69, 9.17) is 0 Å². The van der Waals surface area contributed by atoms with Gasteiger partial charge in [-0.15, -0.1) is 0 Å². The minimum atomic E-state index is -3.78. The summed E-state index contributed by atoms with van der Waals surface area (Å²) in [5, 5.41) is 0. The summed E-state index contributed by atoms with van der Waals surface area (Å²) in [4.78, 5) is 13.0. The summed E-state index contributed by atoms with van der Waals surface area (Å²) in [6.07, 6.45) is 0.440. The summed E-state index contributed by atoms with van der Waals surface area (Å²) in [6, 6.07) is 3.74. The highest BCUT2D eigenvalue weighted by Gasteiger charge is 2.32. The van der Waals surface area contributed by atoms with Gasteiger partial charge in [0.15, 0.2) is 0 Å². The monoisotopic (exact) mass is 272 g/mol. The summed E-state index contributed by atoms with van der Waals surface area (Å²) in [5.41, 5.74) is 0. The molecule has 1 aromatic carbocycles. The van der Waals surface area contributed by atoms with Crippen molar-refractivity contribution in [2.75, 3.05) is 13.6 Å². The van der Waals surface area contributed by atoms with Crippen LogP contribution < -0.4 is 4.72 Å². The molecule has 1 aliphatic heterocycles. The van der Waals surface area contributed by atoms with Crippen molar-refractivity contribution >= 4 is 15.9 Å². The van der Waals surface area contributed by atoms with Crippen LogP contribution in [-0.2, 0) is 14.8 Å². The van der Waals surface area contributed by atoms with Crippen molar-refractivity contribution in [3.05, 3.63) is 30.1 Å². The maximum atomic E-state index is 12.7. The molecule has 18 heavy (non-hydrogen) atoms. The molecule has 0 aromatic heterocycles. The number of rotatable bonds is 3. The molecule has 7 heteroatoms. The molecular weight excluding hydrogens is 259 g/mol. The quantitative estimate of drug-likeness (QED) is 0.862. The van der Waals surface area contributed by atoms with Crippen molar-refractivity contribution in [1.29, 1.82) is 0 Å². The van der Waals surface area contributed by atoms with Gasteiger partial charge in [0.05, 0.1) is 4.90 Å². The van der Waals surface area contributed by atoms with Gasteiger partial charge in [0, 0.05) is 13.6 Å². The van der Waals surface area contributed by atoms with Crippen molar-refractivity contribution in [3.63, 3.8) is 0 Å². The van der Waals surface area contributed by atoms with Crippen molar-refractivity contribution in [2.24, 2.45) is 0 Å². The van der Waals surface area contributed by atoms with Gasteiger partial charge in [0.1, 0.15) is 11.9 Å². The lowest BCUT2D eigenvalue weighted by atomic mass is 10.3. The van der Waals surface area contributed by atoms with Crippen LogP contribution >= 0.6 is 0 Å². The fraction of sp³-hybridized carbons (Fsp3) is 0.364. The van der Waals surface area contributed by atoms with Crippen molar-refractivity contribution in [1.82, 2.24) is 9.62 Å². The van der Waals surface area contributed by atoms with E-state index in [9.17, 15) is 17.6 Å². The van der Waals surface area contributed by atoms with Crippen molar-refractivity contribution < 1.29 is 17.6 Å². The fourth-order valence-electron chi connectivity index (χ4n) is 1.80. The molecule has 1 unspecified atom stereocenters. The molecule has 98 valence electrons. The molecule has 0 spiro atoms. The van der Waals surface area contributed by atoms with Gasteiger partial charge in [-0.3, -0.25) is 4.79 Å². The lowest BCUT2D eigenvalue weighted by molar-refractivity contribution is -0.127. The number of nitrogens with one attached hydrogen (secondary N) is 1. The molecule has 1 fully saturated rings. The van der Waals surface area contributed by atoms with E-state index >= 15 is 0 Å². The third-order valence-electron chi connectivity index (χ3n) is 2.85. The van der Waals surface area contributed by atoms with E-state index in [1.54, 1.807) is 7.05 Å². The van der Waals surface area contributed by atoms with E-state index in [0.29, 0.717) is 13.0 Å². The number of benzene rings is 1. The molecule has 1 aliphatic rings. The number of likely N-dealkylation sites (N-methyl/N-ethyl adjacent to an activating group) is 1. The number of sulfonamides is 1. The van der Waals surface area contributed by atoms with Crippen LogP contribution in [0.1, 0.15) is 6.42 Å². The van der Waals surface area contributed by atoms with Gasteiger partial charge >= 0.3 is 0 Å². The smallest absolute Gasteiger partial charge is 0.241 e. The molecule has 0 aliphatic carbocycles. The summed E-state index contributed by atoms with van der Waals surface area (Å²) in [6.45, 7) is 0.523. The van der Waals surface area contributed by atoms with Crippen LogP contribution in [0.15, 0.2) is 29.2 Å². The summed E-state index contributed by atoms with van der Waals surface area (Å²) in [5.74, 6) is -0.758. The highest BCUT2D eigenvalue weighted by atomic mass is 32.2. The van der Waals surface area contributed by atoms with Crippen LogP contribution in [0.3, 0.4) is 0 Å². The molecule has 1 amide bonds. The Balaban J connectivity index is 2.18. The third kappa shape index (κ3) is 2.51. The number of amides is 1. The molecule has 1 heterocycles. The Morgan fingerprint density at radius 1 is 1.33 bits per heavy atom. The van der Waals surface area contributed by atoms with Crippen LogP contribution in [-0.4, -0.2) is 38.9 Å². The largest absolute Gasteiger partial charge is 0.344 e. The predicted molar refractivity (Wildman–Crippen MR) is 62.8 cm³/mol. The standard InChI is InChI=1S/C11H13FN2O3S/c1-14-7-6-10(11(14)15)13-18(16,17)9-4-2-8(12)3-5-9/h2-5,10,13H,6-7H2,1H3. The molecule has 0 saturated carbocycles. The number of halogens is 1. The Hall–Kier alpha value is -1.47. The van der Waals surface area contributed by atoms with Crippen LogP contribution in [0.25, 0.3) is 0 Å². The maximum absolute atomic E-state index is 12.7. The minimum Gasteiger partial charge on any atom is -0.344 e. The fourth-order valence-corrected chi connectivity index (χ4v) is 3.02. The van der Waals surface area contributed by atoms with Gasteiger partial charge in [-0.25, -0.2) is 12.8 Å². The van der Waals surface area contributed by atoms with Crippen molar-refractivity contribution in [2.45, 2.75) is 17.4 Å². The van der Waals surface area contributed by atoms with Crippen LogP contribution in [0.5, 0.6) is 0 Å². The molecule has 1 aromatic rings. The van der Waals surface area contributed by atoms with Gasteiger partial charge in [-0.2, -0.15) is 4.72 Å². The van der Waals surface area contributed by atoms with Crippen LogP contribution in [0, 0.1) is 5.82 Å². The Bertz CT molecular complexity index is 556. The first-order valence-corrected chi connectivity index (χ1v) is 6.91. The zero-order valence-corrected chi connectivity index (χ0v) is 10.6. The van der Waals surface area contributed by atoms with Crippen LogP contribution in [0.2, 0.25) is 0 Å². The van der Waals surface area contributed by atoms with Crippen molar-refractivity contribution in [3.8, 4) is 0 Å². The number of nitrogens with zero attached hydrogens (tertiary/aromatic N) is 1. The highest BCUT2D eigenvalue weighted by Crippen LogP contribution is 2.14. The summed E-state index contributed by atoms with van der Waals surface area (Å²) < 4.78 is 38.9. The van der Waals surface area contributed by atoms with Gasteiger partial charge in [0.25, 0.3) is 0 Å². The second-order valence-electron chi connectivity index (χ2n) is 4.18. The molecule has 2 rings (SSSR count). The Morgan fingerprint density at radius 3 is 2.44 bits per heavy atom. The molecule has 1 N–H and O–H groups in total. The first-order chi connectivity index (χ1) is 8.40. The molecule has 0 radical (unpaired) electrons. The Labute approximate surface area is 105 Å². The average Bonchev–Trinajstić information content (AvgIpc) is 2.61. The molecule has 1 atom stereocenters. The molecule has 1 saturated heterocycles. The number of hydrogen-bond donors (Lipinski definition) is 1. The predicted octanol–water partition coefficient (Wildman–Crippen LogP) is 0.335. The minimum absolute atomic E-state index is 0.0498. The molecular formula is C11H13FN2O3S. The summed E-state index contributed by atoms with van der Waals surface area (Å²) >= 11 is 0. The van der Waals surface area contributed by atoms with Crippen LogP contribution in [0.4, 0.5) is 4.39 Å². The SMILES string of the molecule is CN1CCC(NS(=O)(=O)c2ccc(F)cc2)C1=O. The van der Waals surface area contributed by atoms with Gasteiger partial charge in [0.2, 0.25) is 15.9 Å². The zero-order valence-electron chi connectivity index (χ0n) is 9.76. The zero-order chi connectivity index (χ0) is 13.3. The lowest BCUT2D eigenvalue weighted by Gasteiger charge is -2.12. The van der Waals surface area contributed by atoms with E-state index in [-0.39, 0.29) is 10.8 Å². The van der Waals surface area contributed by atoms with E-state index in [2.05, 4.69) is 4.72 Å². The lowest BCUT2D eigenvalue weighted by Crippen LogP contribution is -2.40. The van der Waals surface area contributed by atoms with Gasteiger partial charge in [-0.1, -0.05) is 0 Å². The molecule has 0 bridgehead atoms. The summed E-state index contributed by atoms with van der Waals surface area (Å²) in [7, 11) is -2.16. The number of carbonyl (C=O) groups is 1. The van der Waals surface area contributed by atoms with E-state index in [1.807, 2.05) is 0 Å².